The van der Waals surface area contributed by atoms with Gasteiger partial charge in [-0.2, -0.15) is 0 Å². The van der Waals surface area contributed by atoms with E-state index in [-0.39, 0.29) is 0 Å². The molecule has 1 rings (SSSR count). The number of carbonyl (C=O) groups excluding carboxylic acids is 1. The molecule has 0 spiro atoms. The Hall–Kier alpha value is -0.570. The molecule has 0 aromatic heterocycles. The number of quaternary nitrogens is 1. The zero-order valence-corrected chi connectivity index (χ0v) is 10.3. The molecule has 90 valence electrons. The lowest BCUT2D eigenvalue weighted by Crippen LogP contribution is -3.16. The summed E-state index contributed by atoms with van der Waals surface area (Å²) in [5.74, 6) is -1.08. The SMILES string of the molecule is CC(=O)[O-].CCCC1CCCC[NH+]1CC. The molecule has 1 saturated heterocycles. The lowest BCUT2D eigenvalue weighted by atomic mass is 9.98. The van der Waals surface area contributed by atoms with Gasteiger partial charge in [-0.25, -0.2) is 0 Å². The first-order valence-electron chi connectivity index (χ1n) is 6.13. The van der Waals surface area contributed by atoms with Gasteiger partial charge < -0.3 is 14.8 Å². The first-order chi connectivity index (χ1) is 7.11. The minimum Gasteiger partial charge on any atom is -0.550 e. The molecular formula is C12H25NO2. The van der Waals surface area contributed by atoms with Crippen molar-refractivity contribution in [3.8, 4) is 0 Å². The van der Waals surface area contributed by atoms with E-state index in [0.717, 1.165) is 13.0 Å². The van der Waals surface area contributed by atoms with Crippen molar-refractivity contribution < 1.29 is 14.8 Å². The first-order valence-corrected chi connectivity index (χ1v) is 6.13. The Morgan fingerprint density at radius 2 is 2.00 bits per heavy atom. The third-order valence-corrected chi connectivity index (χ3v) is 2.97. The minimum atomic E-state index is -1.08. The number of piperidine rings is 1. The summed E-state index contributed by atoms with van der Waals surface area (Å²) in [6, 6.07) is 0.999. The molecule has 0 aromatic carbocycles. The molecule has 2 atom stereocenters. The van der Waals surface area contributed by atoms with E-state index in [9.17, 15) is 0 Å². The van der Waals surface area contributed by atoms with Crippen molar-refractivity contribution >= 4 is 5.97 Å². The van der Waals surface area contributed by atoms with Gasteiger partial charge in [-0.15, -0.1) is 0 Å². The smallest absolute Gasteiger partial charge is 0.0874 e. The number of carbonyl (C=O) groups is 1. The summed E-state index contributed by atoms with van der Waals surface area (Å²) in [6.45, 7) is 8.37. The average molecular weight is 215 g/mol. The summed E-state index contributed by atoms with van der Waals surface area (Å²) < 4.78 is 0. The number of carboxylic acids is 1. The molecule has 1 heterocycles. The van der Waals surface area contributed by atoms with Gasteiger partial charge in [0, 0.05) is 5.97 Å². The summed E-state index contributed by atoms with van der Waals surface area (Å²) in [7, 11) is 0. The van der Waals surface area contributed by atoms with Gasteiger partial charge in [-0.3, -0.25) is 0 Å². The van der Waals surface area contributed by atoms with Crippen molar-refractivity contribution in [2.45, 2.75) is 58.9 Å². The fourth-order valence-electron chi connectivity index (χ4n) is 2.31. The minimum absolute atomic E-state index is 0.972. The predicted molar refractivity (Wildman–Crippen MR) is 59.6 cm³/mol. The van der Waals surface area contributed by atoms with Crippen LogP contribution in [0, 0.1) is 0 Å². The van der Waals surface area contributed by atoms with E-state index < -0.39 is 5.97 Å². The third-order valence-electron chi connectivity index (χ3n) is 2.97. The average Bonchev–Trinajstić information content (AvgIpc) is 2.18. The maximum atomic E-state index is 8.89. The van der Waals surface area contributed by atoms with Crippen LogP contribution in [0.15, 0.2) is 0 Å². The Kier molecular flexibility index (Phi) is 8.38. The van der Waals surface area contributed by atoms with Crippen molar-refractivity contribution in [3.05, 3.63) is 0 Å². The van der Waals surface area contributed by atoms with Gasteiger partial charge in [0.2, 0.25) is 0 Å². The molecule has 1 aliphatic rings. The van der Waals surface area contributed by atoms with Crippen molar-refractivity contribution in [2.24, 2.45) is 0 Å². The number of likely N-dealkylation sites (tertiary alicyclic amines) is 1. The fraction of sp³-hybridized carbons (Fsp3) is 0.917. The van der Waals surface area contributed by atoms with Crippen molar-refractivity contribution in [2.75, 3.05) is 13.1 Å². The number of hydrogen-bond donors (Lipinski definition) is 1. The molecule has 0 aromatic rings. The molecule has 1 fully saturated rings. The van der Waals surface area contributed by atoms with Gasteiger partial charge in [0.15, 0.2) is 0 Å². The normalized spacial score (nSPS) is 25.3. The van der Waals surface area contributed by atoms with Gasteiger partial charge in [-0.05, 0) is 39.5 Å². The maximum Gasteiger partial charge on any atom is 0.0874 e. The van der Waals surface area contributed by atoms with Crippen molar-refractivity contribution in [3.63, 3.8) is 0 Å². The topological polar surface area (TPSA) is 44.6 Å². The zero-order valence-electron chi connectivity index (χ0n) is 10.3. The molecule has 2 unspecified atom stereocenters. The number of aliphatic carboxylic acids is 1. The van der Waals surface area contributed by atoms with Crippen LogP contribution < -0.4 is 10.0 Å². The molecule has 0 aliphatic carbocycles. The highest BCUT2D eigenvalue weighted by Gasteiger charge is 2.22. The van der Waals surface area contributed by atoms with Gasteiger partial charge >= 0.3 is 0 Å². The van der Waals surface area contributed by atoms with Crippen LogP contribution in [0.1, 0.15) is 52.9 Å². The summed E-state index contributed by atoms with van der Waals surface area (Å²) in [5, 5.41) is 8.89. The monoisotopic (exact) mass is 215 g/mol. The third kappa shape index (κ3) is 7.37. The van der Waals surface area contributed by atoms with Crippen molar-refractivity contribution in [1.29, 1.82) is 0 Å². The number of carboxylic acid groups (broad SMARTS) is 1. The molecule has 3 nitrogen and oxygen atoms in total. The van der Waals surface area contributed by atoms with Crippen LogP contribution in [-0.4, -0.2) is 25.1 Å². The second kappa shape index (κ2) is 8.72. The standard InChI is InChI=1S/C10H21N.C2H4O2/c1-3-7-10-8-5-6-9-11(10)4-2;1-2(3)4/h10H,3-9H2,1-2H3;1H3,(H,3,4). The van der Waals surface area contributed by atoms with Crippen LogP contribution in [0.3, 0.4) is 0 Å². The van der Waals surface area contributed by atoms with E-state index in [1.165, 1.54) is 45.2 Å². The van der Waals surface area contributed by atoms with Gasteiger partial charge in [0.1, 0.15) is 0 Å². The van der Waals surface area contributed by atoms with E-state index in [4.69, 9.17) is 9.90 Å². The van der Waals surface area contributed by atoms with Crippen LogP contribution in [0.5, 0.6) is 0 Å². The highest BCUT2D eigenvalue weighted by molar-refractivity contribution is 5.60. The summed E-state index contributed by atoms with van der Waals surface area (Å²) in [6.07, 6.45) is 7.24. The second-order valence-corrected chi connectivity index (χ2v) is 4.23. The highest BCUT2D eigenvalue weighted by atomic mass is 16.4. The molecule has 0 bridgehead atoms. The van der Waals surface area contributed by atoms with E-state index in [0.29, 0.717) is 0 Å². The molecule has 15 heavy (non-hydrogen) atoms. The van der Waals surface area contributed by atoms with Crippen LogP contribution in [-0.2, 0) is 4.79 Å². The molecule has 1 aliphatic heterocycles. The molecule has 0 saturated carbocycles. The summed E-state index contributed by atoms with van der Waals surface area (Å²) in [5.41, 5.74) is 0. The van der Waals surface area contributed by atoms with Gasteiger partial charge in [0.05, 0.1) is 19.1 Å². The molecule has 1 N–H and O–H groups in total. The van der Waals surface area contributed by atoms with Crippen LogP contribution in [0.4, 0.5) is 0 Å². The quantitative estimate of drug-likeness (QED) is 0.720. The molecule has 0 amide bonds. The highest BCUT2D eigenvalue weighted by Crippen LogP contribution is 2.07. The molecule has 3 heteroatoms. The van der Waals surface area contributed by atoms with Crippen LogP contribution in [0.2, 0.25) is 0 Å². The summed E-state index contributed by atoms with van der Waals surface area (Å²) >= 11 is 0. The number of hydrogen-bond acceptors (Lipinski definition) is 2. The van der Waals surface area contributed by atoms with E-state index in [2.05, 4.69) is 13.8 Å². The number of nitrogens with one attached hydrogen (secondary N) is 1. The van der Waals surface area contributed by atoms with Gasteiger partial charge in [0.25, 0.3) is 0 Å². The lowest BCUT2D eigenvalue weighted by molar-refractivity contribution is -0.929. The zero-order chi connectivity index (χ0) is 11.7. The fourth-order valence-corrected chi connectivity index (χ4v) is 2.31. The molecule has 0 radical (unpaired) electrons. The first kappa shape index (κ1) is 14.4. The van der Waals surface area contributed by atoms with E-state index in [1.54, 1.807) is 0 Å². The maximum absolute atomic E-state index is 8.89. The lowest BCUT2D eigenvalue weighted by Gasteiger charge is -2.31. The van der Waals surface area contributed by atoms with Gasteiger partial charge in [-0.1, -0.05) is 13.3 Å². The Morgan fingerprint density at radius 3 is 2.47 bits per heavy atom. The van der Waals surface area contributed by atoms with Crippen molar-refractivity contribution in [1.82, 2.24) is 0 Å². The van der Waals surface area contributed by atoms with E-state index >= 15 is 0 Å². The van der Waals surface area contributed by atoms with E-state index in [1.807, 2.05) is 4.90 Å². The van der Waals surface area contributed by atoms with Crippen LogP contribution >= 0.6 is 0 Å². The summed E-state index contributed by atoms with van der Waals surface area (Å²) in [4.78, 5) is 10.7. The second-order valence-electron chi connectivity index (χ2n) is 4.23. The van der Waals surface area contributed by atoms with Crippen LogP contribution in [0.25, 0.3) is 0 Å². The Labute approximate surface area is 93.5 Å². The Morgan fingerprint density at radius 1 is 1.40 bits per heavy atom. The Bertz CT molecular complexity index is 165. The number of rotatable bonds is 3. The Balaban J connectivity index is 0.000000423. The predicted octanol–water partition coefficient (Wildman–Crippen LogP) is 0.00000000000000111. The molecular weight excluding hydrogens is 190 g/mol. The largest absolute Gasteiger partial charge is 0.550 e.